The van der Waals surface area contributed by atoms with Gasteiger partial charge in [0.1, 0.15) is 17.9 Å². The summed E-state index contributed by atoms with van der Waals surface area (Å²) >= 11 is 0. The van der Waals surface area contributed by atoms with Crippen molar-refractivity contribution in [2.45, 2.75) is 32.7 Å². The summed E-state index contributed by atoms with van der Waals surface area (Å²) in [5, 5.41) is 4.47. The van der Waals surface area contributed by atoms with Crippen LogP contribution in [0.25, 0.3) is 5.82 Å². The molecule has 11 heteroatoms. The number of aryl methyl sites for hydroxylation is 3. The average molecular weight is 454 g/mol. The van der Waals surface area contributed by atoms with Crippen molar-refractivity contribution in [3.8, 4) is 17.4 Å². The Morgan fingerprint density at radius 2 is 1.75 bits per heavy atom. The van der Waals surface area contributed by atoms with Gasteiger partial charge in [0.15, 0.2) is 10.8 Å². The maximum atomic E-state index is 12.5. The predicted octanol–water partition coefficient (Wildman–Crippen LogP) is 3.22. The van der Waals surface area contributed by atoms with Crippen molar-refractivity contribution < 1.29 is 13.2 Å². The molecule has 0 aliphatic rings. The summed E-state index contributed by atoms with van der Waals surface area (Å²) in [4.78, 5) is 12.5. The average Bonchev–Trinajstić information content (AvgIpc) is 3.23. The Balaban J connectivity index is 1.50. The third-order valence-electron chi connectivity index (χ3n) is 5.19. The molecule has 1 N–H and O–H groups in total. The molecule has 0 spiro atoms. The van der Waals surface area contributed by atoms with Crippen LogP contribution in [-0.2, 0) is 17.1 Å². The second-order valence-corrected chi connectivity index (χ2v) is 9.02. The molecule has 0 radical (unpaired) electrons. The number of nitrogens with zero attached hydrogens (tertiary/aromatic N) is 6. The van der Waals surface area contributed by atoms with Gasteiger partial charge in [0, 0.05) is 30.7 Å². The number of ether oxygens (including phenoxy) is 1. The molecule has 3 aromatic heterocycles. The van der Waals surface area contributed by atoms with Crippen LogP contribution in [0, 0.1) is 27.7 Å². The van der Waals surface area contributed by atoms with Crippen molar-refractivity contribution in [3.63, 3.8) is 0 Å². The number of nitrogens with one attached hydrogen (secondary N) is 1. The van der Waals surface area contributed by atoms with Crippen molar-refractivity contribution in [1.29, 1.82) is 0 Å². The normalized spacial score (nSPS) is 11.5. The molecule has 4 rings (SSSR count). The first-order chi connectivity index (χ1) is 15.1. The van der Waals surface area contributed by atoms with Crippen molar-refractivity contribution in [2.75, 3.05) is 4.72 Å². The van der Waals surface area contributed by atoms with E-state index in [0.29, 0.717) is 29.0 Å². The fourth-order valence-corrected chi connectivity index (χ4v) is 4.12. The molecular formula is C21H23N7O3S. The van der Waals surface area contributed by atoms with Crippen LogP contribution in [0.1, 0.15) is 22.8 Å². The molecule has 0 saturated carbocycles. The zero-order valence-electron chi connectivity index (χ0n) is 18.4. The van der Waals surface area contributed by atoms with Crippen molar-refractivity contribution in [2.24, 2.45) is 7.05 Å². The quantitative estimate of drug-likeness (QED) is 0.476. The molecular weight excluding hydrogens is 430 g/mol. The van der Waals surface area contributed by atoms with Crippen LogP contribution in [0.3, 0.4) is 0 Å². The van der Waals surface area contributed by atoms with E-state index >= 15 is 0 Å². The van der Waals surface area contributed by atoms with Gasteiger partial charge in [0.2, 0.25) is 5.88 Å². The van der Waals surface area contributed by atoms with E-state index in [1.165, 1.54) is 12.5 Å². The fraction of sp³-hybridized carbons (Fsp3) is 0.238. The zero-order valence-corrected chi connectivity index (χ0v) is 19.2. The van der Waals surface area contributed by atoms with Gasteiger partial charge in [-0.1, -0.05) is 0 Å². The van der Waals surface area contributed by atoms with E-state index < -0.39 is 10.0 Å². The predicted molar refractivity (Wildman–Crippen MR) is 119 cm³/mol. The standard InChI is InChI=1S/C21H23N7O3S/c1-13-14(2)25-28(15(13)3)19-10-20(23-12-22-19)31-18-8-6-17(7-9-18)26-32(29,30)21-11-27(5)16(4)24-21/h6-12,26H,1-5H3. The van der Waals surface area contributed by atoms with Gasteiger partial charge >= 0.3 is 0 Å². The number of anilines is 1. The molecule has 4 aromatic rings. The van der Waals surface area contributed by atoms with Gasteiger partial charge in [0.25, 0.3) is 10.0 Å². The number of aromatic nitrogens is 6. The molecule has 0 aliphatic heterocycles. The lowest BCUT2D eigenvalue weighted by atomic mass is 10.2. The minimum Gasteiger partial charge on any atom is -0.439 e. The maximum Gasteiger partial charge on any atom is 0.280 e. The Hall–Kier alpha value is -3.73. The second-order valence-electron chi connectivity index (χ2n) is 7.39. The third-order valence-corrected chi connectivity index (χ3v) is 6.44. The first-order valence-corrected chi connectivity index (χ1v) is 11.3. The summed E-state index contributed by atoms with van der Waals surface area (Å²) in [6.45, 7) is 7.67. The van der Waals surface area contributed by atoms with E-state index in [4.69, 9.17) is 4.74 Å². The lowest BCUT2D eigenvalue weighted by Crippen LogP contribution is -2.13. The van der Waals surface area contributed by atoms with Gasteiger partial charge in [0.05, 0.1) is 5.69 Å². The number of sulfonamides is 1. The topological polar surface area (TPSA) is 117 Å². The van der Waals surface area contributed by atoms with Crippen LogP contribution >= 0.6 is 0 Å². The highest BCUT2D eigenvalue weighted by Gasteiger charge is 2.18. The second kappa shape index (κ2) is 8.08. The Kier molecular flexibility index (Phi) is 5.43. The van der Waals surface area contributed by atoms with E-state index in [2.05, 4.69) is 24.8 Å². The lowest BCUT2D eigenvalue weighted by Gasteiger charge is -2.09. The van der Waals surface area contributed by atoms with E-state index in [1.54, 1.807) is 53.6 Å². The highest BCUT2D eigenvalue weighted by molar-refractivity contribution is 7.92. The van der Waals surface area contributed by atoms with E-state index in [1.807, 2.05) is 20.8 Å². The molecule has 0 bridgehead atoms. The number of benzene rings is 1. The molecule has 32 heavy (non-hydrogen) atoms. The first-order valence-electron chi connectivity index (χ1n) is 9.80. The van der Waals surface area contributed by atoms with Crippen molar-refractivity contribution >= 4 is 15.7 Å². The number of imidazole rings is 1. The van der Waals surface area contributed by atoms with E-state index in [0.717, 1.165) is 17.0 Å². The smallest absolute Gasteiger partial charge is 0.280 e. The third kappa shape index (κ3) is 4.19. The van der Waals surface area contributed by atoms with Gasteiger partial charge in [-0.25, -0.2) is 19.6 Å². The SMILES string of the molecule is Cc1nn(-c2cc(Oc3ccc(NS(=O)(=O)c4cn(C)c(C)n4)cc3)ncn2)c(C)c1C. The molecule has 0 amide bonds. The van der Waals surface area contributed by atoms with Gasteiger partial charge < -0.3 is 9.30 Å². The molecule has 3 heterocycles. The summed E-state index contributed by atoms with van der Waals surface area (Å²) in [7, 11) is -2.04. The van der Waals surface area contributed by atoms with Gasteiger partial charge in [-0.05, 0) is 57.5 Å². The summed E-state index contributed by atoms with van der Waals surface area (Å²) in [5.41, 5.74) is 3.42. The molecule has 166 valence electrons. The first kappa shape index (κ1) is 21.5. The van der Waals surface area contributed by atoms with Crippen LogP contribution in [-0.4, -0.2) is 37.7 Å². The molecule has 0 aliphatic carbocycles. The van der Waals surface area contributed by atoms with Crippen LogP contribution in [0.2, 0.25) is 0 Å². The number of rotatable bonds is 6. The zero-order chi connectivity index (χ0) is 23.0. The molecule has 0 fully saturated rings. The number of hydrogen-bond donors (Lipinski definition) is 1. The minimum atomic E-state index is -3.78. The highest BCUT2D eigenvalue weighted by Crippen LogP contribution is 2.24. The Labute approximate surface area is 186 Å². The van der Waals surface area contributed by atoms with Gasteiger partial charge in [-0.3, -0.25) is 4.72 Å². The van der Waals surface area contributed by atoms with Crippen molar-refractivity contribution in [1.82, 2.24) is 29.3 Å². The maximum absolute atomic E-state index is 12.5. The van der Waals surface area contributed by atoms with Crippen LogP contribution in [0.4, 0.5) is 5.69 Å². The van der Waals surface area contributed by atoms with Crippen LogP contribution in [0.15, 0.2) is 47.9 Å². The van der Waals surface area contributed by atoms with Crippen LogP contribution in [0.5, 0.6) is 11.6 Å². The summed E-state index contributed by atoms with van der Waals surface area (Å²) in [5.74, 6) is 2.04. The van der Waals surface area contributed by atoms with Gasteiger partial charge in [-0.15, -0.1) is 0 Å². The largest absolute Gasteiger partial charge is 0.439 e. The van der Waals surface area contributed by atoms with Gasteiger partial charge in [-0.2, -0.15) is 13.5 Å². The van der Waals surface area contributed by atoms with Crippen LogP contribution < -0.4 is 9.46 Å². The summed E-state index contributed by atoms with van der Waals surface area (Å²) in [6.07, 6.45) is 2.87. The van der Waals surface area contributed by atoms with Crippen molar-refractivity contribution in [3.05, 3.63) is 65.6 Å². The Bertz CT molecular complexity index is 1370. The minimum absolute atomic E-state index is 0.0364. The molecule has 10 nitrogen and oxygen atoms in total. The molecule has 0 atom stereocenters. The lowest BCUT2D eigenvalue weighted by molar-refractivity contribution is 0.460. The monoisotopic (exact) mass is 453 g/mol. The number of hydrogen-bond acceptors (Lipinski definition) is 7. The van der Waals surface area contributed by atoms with E-state index in [-0.39, 0.29) is 5.03 Å². The molecule has 0 saturated heterocycles. The highest BCUT2D eigenvalue weighted by atomic mass is 32.2. The summed E-state index contributed by atoms with van der Waals surface area (Å²) in [6, 6.07) is 8.21. The molecule has 0 unspecified atom stereocenters. The summed E-state index contributed by atoms with van der Waals surface area (Å²) < 4.78 is 36.8. The fourth-order valence-electron chi connectivity index (χ4n) is 3.02. The van der Waals surface area contributed by atoms with E-state index in [9.17, 15) is 8.42 Å². The molecule has 1 aromatic carbocycles. The Morgan fingerprint density at radius 1 is 1.03 bits per heavy atom. The Morgan fingerprint density at radius 3 is 2.34 bits per heavy atom.